The minimum atomic E-state index is -4.38. The maximum Gasteiger partial charge on any atom is 0.411 e. The van der Waals surface area contributed by atoms with Gasteiger partial charge < -0.3 is 22.1 Å². The Labute approximate surface area is 128 Å². The Balaban J connectivity index is 1.83. The number of fused-ring (bicyclic) bond motifs is 1. The predicted molar refractivity (Wildman–Crippen MR) is 80.4 cm³/mol. The van der Waals surface area contributed by atoms with Crippen LogP contribution in [0.15, 0.2) is 35.3 Å². The largest absolute Gasteiger partial charge is 0.411 e. The van der Waals surface area contributed by atoms with Gasteiger partial charge in [0, 0.05) is 35.5 Å². The summed E-state index contributed by atoms with van der Waals surface area (Å²) in [5.41, 5.74) is 13.4. The molecule has 2 rings (SSSR count). The molecule has 0 spiro atoms. The molecule has 7 heteroatoms. The highest BCUT2D eigenvalue weighted by Gasteiger charge is 2.32. The van der Waals surface area contributed by atoms with Crippen LogP contribution in [0.1, 0.15) is 26.2 Å². The molecule has 1 aliphatic heterocycles. The highest BCUT2D eigenvalue weighted by molar-refractivity contribution is 5.29. The summed E-state index contributed by atoms with van der Waals surface area (Å²) >= 11 is 0. The highest BCUT2D eigenvalue weighted by atomic mass is 19.4. The van der Waals surface area contributed by atoms with E-state index in [2.05, 4.69) is 16.7 Å². The van der Waals surface area contributed by atoms with Gasteiger partial charge in [-0.3, -0.25) is 0 Å². The van der Waals surface area contributed by atoms with Crippen molar-refractivity contribution < 1.29 is 13.2 Å². The zero-order valence-electron chi connectivity index (χ0n) is 12.6. The highest BCUT2D eigenvalue weighted by Crippen LogP contribution is 2.33. The van der Waals surface area contributed by atoms with Crippen molar-refractivity contribution in [2.75, 3.05) is 6.54 Å². The summed E-state index contributed by atoms with van der Waals surface area (Å²) in [6.07, 6.45) is 2.56. The van der Waals surface area contributed by atoms with E-state index in [4.69, 9.17) is 11.5 Å². The predicted octanol–water partition coefficient (Wildman–Crippen LogP) is 1.87. The van der Waals surface area contributed by atoms with Crippen molar-refractivity contribution in [2.45, 2.75) is 44.4 Å². The first-order chi connectivity index (χ1) is 10.3. The van der Waals surface area contributed by atoms with Crippen LogP contribution in [0.25, 0.3) is 0 Å². The minimum Gasteiger partial charge on any atom is -0.402 e. The Kier molecular flexibility index (Phi) is 5.05. The lowest BCUT2D eigenvalue weighted by atomic mass is 9.83. The second kappa shape index (κ2) is 6.64. The van der Waals surface area contributed by atoms with Crippen LogP contribution in [0.4, 0.5) is 13.2 Å². The molecule has 2 aliphatic rings. The molecule has 0 aromatic rings. The van der Waals surface area contributed by atoms with Crippen molar-refractivity contribution in [3.8, 4) is 0 Å². The normalized spacial score (nSPS) is 26.8. The fraction of sp³-hybridized carbons (Fsp3) is 0.600. The van der Waals surface area contributed by atoms with Gasteiger partial charge in [-0.2, -0.15) is 13.2 Å². The van der Waals surface area contributed by atoms with E-state index in [-0.39, 0.29) is 17.7 Å². The van der Waals surface area contributed by atoms with E-state index in [0.717, 1.165) is 25.0 Å². The third kappa shape index (κ3) is 4.19. The van der Waals surface area contributed by atoms with Crippen LogP contribution < -0.4 is 22.1 Å². The number of allylic oxidation sites excluding steroid dienone is 2. The monoisotopic (exact) mass is 316 g/mol. The first-order valence-electron chi connectivity index (χ1n) is 7.47. The summed E-state index contributed by atoms with van der Waals surface area (Å²) in [5.74, 6) is 0.217. The number of hydrogen-bond acceptors (Lipinski definition) is 4. The van der Waals surface area contributed by atoms with Gasteiger partial charge in [-0.05, 0) is 44.5 Å². The summed E-state index contributed by atoms with van der Waals surface area (Å²) in [6.45, 7) is 2.17. The van der Waals surface area contributed by atoms with Crippen LogP contribution in [-0.2, 0) is 0 Å². The molecule has 124 valence electrons. The van der Waals surface area contributed by atoms with E-state index in [1.54, 1.807) is 6.92 Å². The summed E-state index contributed by atoms with van der Waals surface area (Å²) in [7, 11) is 0. The molecular weight excluding hydrogens is 293 g/mol. The lowest BCUT2D eigenvalue weighted by Crippen LogP contribution is -2.35. The van der Waals surface area contributed by atoms with Crippen molar-refractivity contribution >= 4 is 0 Å². The van der Waals surface area contributed by atoms with Crippen LogP contribution in [0, 0.1) is 5.92 Å². The zero-order chi connectivity index (χ0) is 16.3. The summed E-state index contributed by atoms with van der Waals surface area (Å²) < 4.78 is 36.7. The van der Waals surface area contributed by atoms with E-state index in [1.807, 2.05) is 6.20 Å². The molecule has 3 unspecified atom stereocenters. The van der Waals surface area contributed by atoms with Crippen LogP contribution in [0.5, 0.6) is 0 Å². The van der Waals surface area contributed by atoms with Gasteiger partial charge in [-0.1, -0.05) is 6.08 Å². The maximum atomic E-state index is 12.2. The molecule has 22 heavy (non-hydrogen) atoms. The van der Waals surface area contributed by atoms with Crippen LogP contribution in [0.3, 0.4) is 0 Å². The van der Waals surface area contributed by atoms with Gasteiger partial charge in [0.1, 0.15) is 0 Å². The Bertz CT molecular complexity index is 494. The van der Waals surface area contributed by atoms with Gasteiger partial charge in [0.2, 0.25) is 0 Å². The summed E-state index contributed by atoms with van der Waals surface area (Å²) in [5, 5.41) is 6.36. The first-order valence-corrected chi connectivity index (χ1v) is 7.47. The average Bonchev–Trinajstić information content (AvgIpc) is 2.81. The SMILES string of the molecule is CC(NCCC1=CNC2CCC=C(N)C12)/C(N)=C\C(F)(F)F. The molecule has 1 heterocycles. The molecule has 0 bridgehead atoms. The third-order valence-electron chi connectivity index (χ3n) is 4.20. The fourth-order valence-corrected chi connectivity index (χ4v) is 3.00. The molecule has 0 aromatic carbocycles. The molecular formula is C15H23F3N4. The lowest BCUT2D eigenvalue weighted by Gasteiger charge is -2.27. The Morgan fingerprint density at radius 2 is 2.27 bits per heavy atom. The number of halogens is 3. The molecule has 0 radical (unpaired) electrons. The van der Waals surface area contributed by atoms with Crippen molar-refractivity contribution in [3.05, 3.63) is 35.3 Å². The van der Waals surface area contributed by atoms with Crippen LogP contribution in [-0.4, -0.2) is 24.8 Å². The minimum absolute atomic E-state index is 0.138. The van der Waals surface area contributed by atoms with E-state index in [0.29, 0.717) is 12.6 Å². The topological polar surface area (TPSA) is 76.1 Å². The Morgan fingerprint density at radius 3 is 2.95 bits per heavy atom. The molecule has 3 atom stereocenters. The molecule has 0 aromatic heterocycles. The maximum absolute atomic E-state index is 12.2. The molecule has 0 saturated carbocycles. The van der Waals surface area contributed by atoms with Gasteiger partial charge in [0.05, 0.1) is 0 Å². The van der Waals surface area contributed by atoms with Crippen LogP contribution >= 0.6 is 0 Å². The Morgan fingerprint density at radius 1 is 1.55 bits per heavy atom. The molecule has 0 saturated heterocycles. The average molecular weight is 316 g/mol. The number of nitrogens with one attached hydrogen (secondary N) is 2. The second-order valence-corrected chi connectivity index (χ2v) is 5.86. The van der Waals surface area contributed by atoms with Gasteiger partial charge in [0.15, 0.2) is 0 Å². The number of hydrogen-bond donors (Lipinski definition) is 4. The van der Waals surface area contributed by atoms with Crippen molar-refractivity contribution in [2.24, 2.45) is 17.4 Å². The Hall–Kier alpha value is -1.63. The van der Waals surface area contributed by atoms with Crippen molar-refractivity contribution in [1.29, 1.82) is 0 Å². The third-order valence-corrected chi connectivity index (χ3v) is 4.20. The number of nitrogens with two attached hydrogens (primary N) is 2. The first kappa shape index (κ1) is 16.7. The number of alkyl halides is 3. The van der Waals surface area contributed by atoms with E-state index >= 15 is 0 Å². The lowest BCUT2D eigenvalue weighted by molar-refractivity contribution is -0.0808. The van der Waals surface area contributed by atoms with E-state index in [1.165, 1.54) is 5.57 Å². The molecule has 1 aliphatic carbocycles. The smallest absolute Gasteiger partial charge is 0.402 e. The fourth-order valence-electron chi connectivity index (χ4n) is 3.00. The van der Waals surface area contributed by atoms with Crippen molar-refractivity contribution in [3.63, 3.8) is 0 Å². The standard InChI is InChI=1S/C15H23F3N4/c1-9(12(20)7-15(16,17)18)21-6-5-10-8-22-13-4-2-3-11(19)14(10)13/h3,7-9,13-14,21-22H,2,4-6,19-20H2,1H3/b12-7+. The van der Waals surface area contributed by atoms with E-state index < -0.39 is 12.2 Å². The second-order valence-electron chi connectivity index (χ2n) is 5.86. The zero-order valence-corrected chi connectivity index (χ0v) is 12.6. The summed E-state index contributed by atoms with van der Waals surface area (Å²) in [6, 6.07) is -0.167. The van der Waals surface area contributed by atoms with Gasteiger partial charge >= 0.3 is 6.18 Å². The molecule has 4 nitrogen and oxygen atoms in total. The van der Waals surface area contributed by atoms with Gasteiger partial charge in [-0.25, -0.2) is 0 Å². The van der Waals surface area contributed by atoms with Crippen molar-refractivity contribution in [1.82, 2.24) is 10.6 Å². The van der Waals surface area contributed by atoms with Gasteiger partial charge in [-0.15, -0.1) is 0 Å². The molecule has 0 amide bonds. The molecule has 6 N–H and O–H groups in total. The number of rotatable bonds is 5. The molecule has 0 fully saturated rings. The summed E-state index contributed by atoms with van der Waals surface area (Å²) in [4.78, 5) is 0. The van der Waals surface area contributed by atoms with E-state index in [9.17, 15) is 13.2 Å². The van der Waals surface area contributed by atoms with Gasteiger partial charge in [0.25, 0.3) is 0 Å². The van der Waals surface area contributed by atoms with Crippen LogP contribution in [0.2, 0.25) is 0 Å². The quantitative estimate of drug-likeness (QED) is 0.624.